The number of nitrogens with one attached hydrogen (secondary N) is 1. The van der Waals surface area contributed by atoms with E-state index in [1.807, 2.05) is 36.4 Å². The standard InChI is InChI=1S/C31H23ClN4O3S3/c1-31(2)13-21-25(41-30(40)36(21)17-7-5-4-6-8-17)23-19(14-33)28(42-26(23)31)35-27-24(32)22(20(15-34)29(37)39-27)16-9-11-18(38-3)12-10-16/h4-12,22,35,37H,13H2,1-3H3. The third kappa shape index (κ3) is 4.48. The van der Waals surface area contributed by atoms with Crippen LogP contribution in [0, 0.1) is 26.6 Å². The van der Waals surface area contributed by atoms with Gasteiger partial charge in [-0.25, -0.2) is 0 Å². The van der Waals surface area contributed by atoms with E-state index in [0.29, 0.717) is 25.8 Å². The van der Waals surface area contributed by atoms with Gasteiger partial charge in [-0.1, -0.05) is 55.8 Å². The van der Waals surface area contributed by atoms with Gasteiger partial charge in [-0.3, -0.25) is 4.57 Å². The number of allylic oxidation sites excluding steroid dienone is 2. The number of anilines is 1. The Balaban J connectivity index is 1.47. The first-order chi connectivity index (χ1) is 20.2. The molecule has 6 rings (SSSR count). The van der Waals surface area contributed by atoms with Crippen LogP contribution in [-0.2, 0) is 16.6 Å². The summed E-state index contributed by atoms with van der Waals surface area (Å²) in [4.78, 5) is 2.01. The molecule has 1 aliphatic carbocycles. The van der Waals surface area contributed by atoms with E-state index < -0.39 is 11.9 Å². The molecule has 4 aromatic rings. The van der Waals surface area contributed by atoms with Gasteiger partial charge in [-0.05, 0) is 48.5 Å². The highest BCUT2D eigenvalue weighted by Gasteiger charge is 2.40. The lowest BCUT2D eigenvalue weighted by atomic mass is 9.78. The summed E-state index contributed by atoms with van der Waals surface area (Å²) in [6.07, 6.45) is 0.733. The summed E-state index contributed by atoms with van der Waals surface area (Å²) in [7, 11) is 1.56. The van der Waals surface area contributed by atoms with E-state index in [0.717, 1.165) is 33.1 Å². The van der Waals surface area contributed by atoms with Crippen LogP contribution in [0.5, 0.6) is 5.75 Å². The predicted molar refractivity (Wildman–Crippen MR) is 168 cm³/mol. The van der Waals surface area contributed by atoms with Crippen LogP contribution in [0.4, 0.5) is 5.00 Å². The largest absolute Gasteiger partial charge is 0.497 e. The van der Waals surface area contributed by atoms with Gasteiger partial charge < -0.3 is 19.9 Å². The highest BCUT2D eigenvalue weighted by molar-refractivity contribution is 7.73. The average Bonchev–Trinajstić information content (AvgIpc) is 3.52. The van der Waals surface area contributed by atoms with E-state index in [-0.39, 0.29) is 21.9 Å². The lowest BCUT2D eigenvalue weighted by Crippen LogP contribution is -2.25. The molecule has 11 heteroatoms. The van der Waals surface area contributed by atoms with Crippen LogP contribution >= 0.6 is 46.5 Å². The first kappa shape index (κ1) is 28.1. The molecule has 3 heterocycles. The van der Waals surface area contributed by atoms with E-state index in [4.69, 9.17) is 33.3 Å². The van der Waals surface area contributed by atoms with Crippen LogP contribution in [0.2, 0.25) is 0 Å². The number of nitriles is 2. The summed E-state index contributed by atoms with van der Waals surface area (Å²) < 4.78 is 13.7. The minimum Gasteiger partial charge on any atom is -0.497 e. The van der Waals surface area contributed by atoms with Crippen molar-refractivity contribution in [1.29, 1.82) is 10.5 Å². The summed E-state index contributed by atoms with van der Waals surface area (Å²) in [5, 5.41) is 34.9. The number of nitrogens with zero attached hydrogens (tertiary/aromatic N) is 3. The maximum atomic E-state index is 10.7. The van der Waals surface area contributed by atoms with Gasteiger partial charge in [0.2, 0.25) is 5.88 Å². The molecule has 0 fully saturated rings. The molecular formula is C31H23ClN4O3S3. The van der Waals surface area contributed by atoms with E-state index in [1.165, 1.54) is 22.7 Å². The van der Waals surface area contributed by atoms with Crippen LogP contribution in [-0.4, -0.2) is 16.8 Å². The smallest absolute Gasteiger partial charge is 0.298 e. The summed E-state index contributed by atoms with van der Waals surface area (Å²) >= 11 is 15.6. The second kappa shape index (κ2) is 10.6. The highest BCUT2D eigenvalue weighted by atomic mass is 35.5. The Kier molecular flexibility index (Phi) is 7.12. The zero-order chi connectivity index (χ0) is 29.8. The average molecular weight is 631 g/mol. The molecule has 1 unspecified atom stereocenters. The molecule has 0 amide bonds. The Morgan fingerprint density at radius 3 is 2.48 bits per heavy atom. The first-order valence-corrected chi connectivity index (χ1v) is 15.3. The third-order valence-electron chi connectivity index (χ3n) is 7.37. The number of halogens is 1. The summed E-state index contributed by atoms with van der Waals surface area (Å²) in [6.45, 7) is 4.31. The number of ether oxygens (including phenoxy) is 2. The molecule has 0 saturated heterocycles. The van der Waals surface area contributed by atoms with Crippen LogP contribution < -0.4 is 10.1 Å². The van der Waals surface area contributed by atoms with Crippen molar-refractivity contribution in [1.82, 2.24) is 4.57 Å². The first-order valence-electron chi connectivity index (χ1n) is 12.9. The maximum Gasteiger partial charge on any atom is 0.298 e. The van der Waals surface area contributed by atoms with E-state index >= 15 is 0 Å². The Bertz CT molecular complexity index is 1940. The molecule has 2 aromatic carbocycles. The zero-order valence-electron chi connectivity index (χ0n) is 22.7. The third-order valence-corrected chi connectivity index (χ3v) is 10.7. The summed E-state index contributed by atoms with van der Waals surface area (Å²) in [5.41, 5.74) is 3.69. The zero-order valence-corrected chi connectivity index (χ0v) is 25.9. The number of rotatable bonds is 5. The van der Waals surface area contributed by atoms with Gasteiger partial charge in [0.1, 0.15) is 28.5 Å². The van der Waals surface area contributed by atoms with Crippen molar-refractivity contribution in [3.63, 3.8) is 0 Å². The minimum atomic E-state index is -0.771. The van der Waals surface area contributed by atoms with Crippen LogP contribution in [0.25, 0.3) is 16.1 Å². The number of thiophene rings is 1. The number of benzene rings is 2. The SMILES string of the molecule is COc1ccc(C2C(Cl)=C(Nc3sc4c(c3C#N)-c3sc(=S)n(-c5ccccc5)c3CC4(C)C)OC(O)=C2C#N)cc1. The van der Waals surface area contributed by atoms with Gasteiger partial charge in [-0.2, -0.15) is 10.5 Å². The number of fused-ring (bicyclic) bond motifs is 3. The molecule has 42 heavy (non-hydrogen) atoms. The number of aliphatic hydroxyl groups is 1. The summed E-state index contributed by atoms with van der Waals surface area (Å²) in [5.74, 6) is -0.626. The van der Waals surface area contributed by atoms with Crippen LogP contribution in [0.15, 0.2) is 77.0 Å². The Morgan fingerprint density at radius 2 is 1.83 bits per heavy atom. The van der Waals surface area contributed by atoms with Gasteiger partial charge in [-0.15, -0.1) is 22.7 Å². The van der Waals surface area contributed by atoms with E-state index in [9.17, 15) is 15.6 Å². The van der Waals surface area contributed by atoms with E-state index in [2.05, 4.69) is 29.8 Å². The molecule has 1 atom stereocenters. The van der Waals surface area contributed by atoms with Gasteiger partial charge in [0.15, 0.2) is 3.95 Å². The van der Waals surface area contributed by atoms with Crippen molar-refractivity contribution < 1.29 is 14.6 Å². The molecule has 0 bridgehead atoms. The van der Waals surface area contributed by atoms with Crippen molar-refractivity contribution in [2.75, 3.05) is 12.4 Å². The Hall–Kier alpha value is -4.06. The van der Waals surface area contributed by atoms with Crippen LogP contribution in [0.3, 0.4) is 0 Å². The fraction of sp³-hybridized carbons (Fsp3) is 0.194. The molecule has 0 spiro atoms. The lowest BCUT2D eigenvalue weighted by molar-refractivity contribution is 0.136. The van der Waals surface area contributed by atoms with Crippen molar-refractivity contribution in [2.24, 2.45) is 0 Å². The van der Waals surface area contributed by atoms with Gasteiger partial charge >= 0.3 is 0 Å². The Labute approximate surface area is 260 Å². The summed E-state index contributed by atoms with van der Waals surface area (Å²) in [6, 6.07) is 21.5. The number of para-hydroxylation sites is 1. The lowest BCUT2D eigenvalue weighted by Gasteiger charge is -2.30. The molecule has 1 aliphatic heterocycles. The predicted octanol–water partition coefficient (Wildman–Crippen LogP) is 8.64. The highest BCUT2D eigenvalue weighted by Crippen LogP contribution is 2.54. The minimum absolute atomic E-state index is 0.0190. The van der Waals surface area contributed by atoms with Crippen molar-refractivity contribution >= 4 is 51.5 Å². The number of aromatic nitrogens is 1. The van der Waals surface area contributed by atoms with Gasteiger partial charge in [0.25, 0.3) is 5.95 Å². The maximum absolute atomic E-state index is 10.7. The molecule has 2 aromatic heterocycles. The topological polar surface area (TPSA) is 103 Å². The molecule has 2 N–H and O–H groups in total. The van der Waals surface area contributed by atoms with Gasteiger partial charge in [0.05, 0.1) is 28.5 Å². The molecule has 2 aliphatic rings. The monoisotopic (exact) mass is 630 g/mol. The number of aliphatic hydroxyl groups excluding tert-OH is 1. The fourth-order valence-corrected chi connectivity index (χ4v) is 8.58. The molecule has 210 valence electrons. The number of methoxy groups -OCH3 is 1. The van der Waals surface area contributed by atoms with Crippen molar-refractivity contribution in [2.45, 2.75) is 31.6 Å². The normalized spacial score (nSPS) is 17.0. The molecule has 0 radical (unpaired) electrons. The second-order valence-corrected chi connectivity index (χ2v) is 13.5. The quantitative estimate of drug-likeness (QED) is 0.213. The van der Waals surface area contributed by atoms with Gasteiger partial charge in [0, 0.05) is 27.2 Å². The molecule has 7 nitrogen and oxygen atoms in total. The van der Waals surface area contributed by atoms with Crippen molar-refractivity contribution in [3.8, 4) is 34.0 Å². The number of hydrogen-bond donors (Lipinski definition) is 2. The van der Waals surface area contributed by atoms with Crippen LogP contribution in [0.1, 0.15) is 41.5 Å². The Morgan fingerprint density at radius 1 is 1.12 bits per heavy atom. The van der Waals surface area contributed by atoms with Crippen molar-refractivity contribution in [3.05, 3.63) is 103 Å². The van der Waals surface area contributed by atoms with E-state index in [1.54, 1.807) is 31.4 Å². The second-order valence-electron chi connectivity index (χ2n) is 10.4. The number of thiazole rings is 1. The number of hydrogen-bond acceptors (Lipinski definition) is 9. The fourth-order valence-electron chi connectivity index (χ4n) is 5.41. The molecule has 0 saturated carbocycles. The molecular weight excluding hydrogens is 608 g/mol.